The molecule has 1 saturated carbocycles. The number of hydrogen-bond donors (Lipinski definition) is 1. The summed E-state index contributed by atoms with van der Waals surface area (Å²) in [6.45, 7) is 2.47. The van der Waals surface area contributed by atoms with E-state index in [1.165, 1.54) is 12.8 Å². The standard InChI is InChI=1S/C19H28N2O4/c1-21-10-11-24-17(13-21)19(22)20-12-14-6-5-9-16(23-2)18(14)25-15-7-3-4-8-15/h5-6,9,15,17H,3-4,7-8,10-13H2,1-2H3,(H,20,22). The highest BCUT2D eigenvalue weighted by atomic mass is 16.5. The fourth-order valence-electron chi connectivity index (χ4n) is 3.40. The number of methoxy groups -OCH3 is 1. The van der Waals surface area contributed by atoms with Gasteiger partial charge in [-0.1, -0.05) is 12.1 Å². The number of hydrogen-bond acceptors (Lipinski definition) is 5. The van der Waals surface area contributed by atoms with Crippen molar-refractivity contribution in [1.82, 2.24) is 10.2 Å². The molecule has 138 valence electrons. The Hall–Kier alpha value is -1.79. The third-order valence-corrected chi connectivity index (χ3v) is 4.88. The minimum Gasteiger partial charge on any atom is -0.493 e. The number of morpholine rings is 1. The molecule has 1 aliphatic heterocycles. The Morgan fingerprint density at radius 2 is 2.16 bits per heavy atom. The van der Waals surface area contributed by atoms with Gasteiger partial charge in [-0.3, -0.25) is 4.79 Å². The number of nitrogens with one attached hydrogen (secondary N) is 1. The second-order valence-electron chi connectivity index (χ2n) is 6.81. The maximum Gasteiger partial charge on any atom is 0.250 e. The van der Waals surface area contributed by atoms with Crippen LogP contribution >= 0.6 is 0 Å². The first-order chi connectivity index (χ1) is 12.2. The van der Waals surface area contributed by atoms with Crippen LogP contribution in [-0.4, -0.2) is 56.9 Å². The van der Waals surface area contributed by atoms with Gasteiger partial charge in [-0.2, -0.15) is 0 Å². The zero-order chi connectivity index (χ0) is 17.6. The first-order valence-electron chi connectivity index (χ1n) is 9.07. The molecule has 1 amide bonds. The molecule has 1 unspecified atom stereocenters. The van der Waals surface area contributed by atoms with E-state index in [0.717, 1.165) is 30.7 Å². The van der Waals surface area contributed by atoms with E-state index in [9.17, 15) is 4.79 Å². The Morgan fingerprint density at radius 1 is 1.36 bits per heavy atom. The molecule has 0 bridgehead atoms. The number of ether oxygens (including phenoxy) is 3. The minimum absolute atomic E-state index is 0.0822. The predicted molar refractivity (Wildman–Crippen MR) is 95.0 cm³/mol. The van der Waals surface area contributed by atoms with Crippen molar-refractivity contribution >= 4 is 5.91 Å². The molecule has 2 aliphatic rings. The van der Waals surface area contributed by atoms with Crippen molar-refractivity contribution in [2.45, 2.75) is 44.4 Å². The van der Waals surface area contributed by atoms with Crippen LogP contribution in [0.4, 0.5) is 0 Å². The first kappa shape index (κ1) is 18.0. The Morgan fingerprint density at radius 3 is 2.88 bits per heavy atom. The Labute approximate surface area is 149 Å². The van der Waals surface area contributed by atoms with Gasteiger partial charge in [0.1, 0.15) is 6.10 Å². The minimum atomic E-state index is -0.413. The normalized spacial score (nSPS) is 21.9. The summed E-state index contributed by atoms with van der Waals surface area (Å²) in [5.74, 6) is 1.38. The number of amides is 1. The van der Waals surface area contributed by atoms with Crippen molar-refractivity contribution in [3.63, 3.8) is 0 Å². The van der Waals surface area contributed by atoms with Crippen LogP contribution in [-0.2, 0) is 16.1 Å². The average molecular weight is 348 g/mol. The maximum absolute atomic E-state index is 12.4. The van der Waals surface area contributed by atoms with Crippen molar-refractivity contribution in [2.75, 3.05) is 33.9 Å². The van der Waals surface area contributed by atoms with Gasteiger partial charge >= 0.3 is 0 Å². The van der Waals surface area contributed by atoms with Crippen LogP contribution in [0.3, 0.4) is 0 Å². The molecule has 1 saturated heterocycles. The quantitative estimate of drug-likeness (QED) is 0.852. The highest BCUT2D eigenvalue weighted by Crippen LogP contribution is 2.34. The van der Waals surface area contributed by atoms with E-state index < -0.39 is 6.10 Å². The molecule has 6 heteroatoms. The lowest BCUT2D eigenvalue weighted by atomic mass is 10.1. The fraction of sp³-hybridized carbons (Fsp3) is 0.632. The number of carbonyl (C=O) groups is 1. The van der Waals surface area contributed by atoms with Gasteiger partial charge in [0.15, 0.2) is 11.5 Å². The van der Waals surface area contributed by atoms with E-state index >= 15 is 0 Å². The van der Waals surface area contributed by atoms with Crippen LogP contribution in [0, 0.1) is 0 Å². The lowest BCUT2D eigenvalue weighted by Gasteiger charge is -2.29. The van der Waals surface area contributed by atoms with E-state index in [1.54, 1.807) is 7.11 Å². The summed E-state index contributed by atoms with van der Waals surface area (Å²) in [6, 6.07) is 5.79. The van der Waals surface area contributed by atoms with Gasteiger partial charge in [0, 0.05) is 25.2 Å². The number of para-hydroxylation sites is 1. The summed E-state index contributed by atoms with van der Waals surface area (Å²) < 4.78 is 17.2. The highest BCUT2D eigenvalue weighted by molar-refractivity contribution is 5.81. The van der Waals surface area contributed by atoms with Gasteiger partial charge in [-0.25, -0.2) is 0 Å². The fourth-order valence-corrected chi connectivity index (χ4v) is 3.40. The largest absolute Gasteiger partial charge is 0.493 e. The number of benzene rings is 1. The van der Waals surface area contributed by atoms with Crippen LogP contribution < -0.4 is 14.8 Å². The zero-order valence-corrected chi connectivity index (χ0v) is 15.1. The monoisotopic (exact) mass is 348 g/mol. The summed E-state index contributed by atoms with van der Waals surface area (Å²) in [4.78, 5) is 14.5. The van der Waals surface area contributed by atoms with E-state index in [4.69, 9.17) is 14.2 Å². The molecule has 1 aromatic carbocycles. The molecule has 2 fully saturated rings. The highest BCUT2D eigenvalue weighted by Gasteiger charge is 2.25. The van der Waals surface area contributed by atoms with Crippen LogP contribution in [0.1, 0.15) is 31.2 Å². The first-order valence-corrected chi connectivity index (χ1v) is 9.07. The molecule has 6 nitrogen and oxygen atoms in total. The van der Waals surface area contributed by atoms with Crippen molar-refractivity contribution in [1.29, 1.82) is 0 Å². The summed E-state index contributed by atoms with van der Waals surface area (Å²) in [6.07, 6.45) is 4.39. The predicted octanol–water partition coefficient (Wildman–Crippen LogP) is 1.96. The van der Waals surface area contributed by atoms with Crippen LogP contribution in [0.15, 0.2) is 18.2 Å². The molecule has 1 heterocycles. The van der Waals surface area contributed by atoms with Crippen LogP contribution in [0.5, 0.6) is 11.5 Å². The number of carbonyl (C=O) groups excluding carboxylic acids is 1. The molecule has 1 aromatic rings. The van der Waals surface area contributed by atoms with E-state index in [0.29, 0.717) is 25.4 Å². The second-order valence-corrected chi connectivity index (χ2v) is 6.81. The summed E-state index contributed by atoms with van der Waals surface area (Å²) in [5, 5.41) is 2.98. The molecular weight excluding hydrogens is 320 g/mol. The summed E-state index contributed by atoms with van der Waals surface area (Å²) in [5.41, 5.74) is 0.934. The molecule has 25 heavy (non-hydrogen) atoms. The van der Waals surface area contributed by atoms with Crippen molar-refractivity contribution in [3.8, 4) is 11.5 Å². The molecule has 0 spiro atoms. The van der Waals surface area contributed by atoms with Gasteiger partial charge in [0.2, 0.25) is 0 Å². The van der Waals surface area contributed by atoms with E-state index in [2.05, 4.69) is 10.2 Å². The summed E-state index contributed by atoms with van der Waals surface area (Å²) in [7, 11) is 3.64. The molecule has 3 rings (SSSR count). The zero-order valence-electron chi connectivity index (χ0n) is 15.1. The molecule has 1 atom stereocenters. The van der Waals surface area contributed by atoms with Crippen LogP contribution in [0.25, 0.3) is 0 Å². The van der Waals surface area contributed by atoms with Crippen molar-refractivity contribution in [3.05, 3.63) is 23.8 Å². The molecule has 0 aromatic heterocycles. The van der Waals surface area contributed by atoms with Crippen molar-refractivity contribution < 1.29 is 19.0 Å². The van der Waals surface area contributed by atoms with Gasteiger partial charge < -0.3 is 24.4 Å². The SMILES string of the molecule is COc1cccc(CNC(=O)C2CN(C)CCO2)c1OC1CCCC1. The number of likely N-dealkylation sites (N-methyl/N-ethyl adjacent to an activating group) is 1. The van der Waals surface area contributed by atoms with Gasteiger partial charge in [0.25, 0.3) is 5.91 Å². The third kappa shape index (κ3) is 4.64. The van der Waals surface area contributed by atoms with Crippen LogP contribution in [0.2, 0.25) is 0 Å². The van der Waals surface area contributed by atoms with Gasteiger partial charge in [-0.15, -0.1) is 0 Å². The lowest BCUT2D eigenvalue weighted by molar-refractivity contribution is -0.138. The third-order valence-electron chi connectivity index (χ3n) is 4.88. The van der Waals surface area contributed by atoms with Gasteiger partial charge in [-0.05, 0) is 38.8 Å². The smallest absolute Gasteiger partial charge is 0.250 e. The lowest BCUT2D eigenvalue weighted by Crippen LogP contribution is -2.48. The second kappa shape index (κ2) is 8.54. The Balaban J connectivity index is 1.65. The summed E-state index contributed by atoms with van der Waals surface area (Å²) >= 11 is 0. The molecule has 1 N–H and O–H groups in total. The topological polar surface area (TPSA) is 60.0 Å². The molecule has 0 radical (unpaired) electrons. The van der Waals surface area contributed by atoms with E-state index in [-0.39, 0.29) is 12.0 Å². The Bertz CT molecular complexity index is 587. The number of rotatable bonds is 6. The van der Waals surface area contributed by atoms with E-state index in [1.807, 2.05) is 25.2 Å². The maximum atomic E-state index is 12.4. The number of nitrogens with zero attached hydrogens (tertiary/aromatic N) is 1. The molecule has 1 aliphatic carbocycles. The Kier molecular flexibility index (Phi) is 6.15. The molecular formula is C19H28N2O4. The average Bonchev–Trinajstić information content (AvgIpc) is 3.13. The van der Waals surface area contributed by atoms with Crippen molar-refractivity contribution in [2.24, 2.45) is 0 Å². The van der Waals surface area contributed by atoms with Gasteiger partial charge in [0.05, 0.1) is 19.8 Å².